The van der Waals surface area contributed by atoms with Crippen LogP contribution in [0.2, 0.25) is 5.02 Å². The molecule has 0 unspecified atom stereocenters. The van der Waals surface area contributed by atoms with Crippen LogP contribution in [-0.2, 0) is 6.42 Å². The maximum atomic E-state index is 13.1. The van der Waals surface area contributed by atoms with Gasteiger partial charge in [0.25, 0.3) is 0 Å². The molecule has 0 aliphatic rings. The van der Waals surface area contributed by atoms with E-state index in [2.05, 4.69) is 4.98 Å². The van der Waals surface area contributed by atoms with Crippen molar-refractivity contribution in [2.45, 2.75) is 20.3 Å². The molecule has 1 aromatic heterocycles. The van der Waals surface area contributed by atoms with Crippen molar-refractivity contribution in [2.75, 3.05) is 0 Å². The van der Waals surface area contributed by atoms with Crippen LogP contribution in [0.4, 0.5) is 4.39 Å². The second kappa shape index (κ2) is 5.63. The normalized spacial score (nSPS) is 11.1. The highest BCUT2D eigenvalue weighted by Crippen LogP contribution is 2.27. The average molecular weight is 298 g/mol. The summed E-state index contributed by atoms with van der Waals surface area (Å²) < 4.78 is 18.4. The Bertz CT molecular complexity index is 652. The predicted molar refractivity (Wildman–Crippen MR) is 72.4 cm³/mol. The van der Waals surface area contributed by atoms with Crippen LogP contribution in [0, 0.1) is 11.7 Å². The van der Waals surface area contributed by atoms with Gasteiger partial charge in [-0.15, -0.1) is 0 Å². The van der Waals surface area contributed by atoms with E-state index in [0.29, 0.717) is 17.7 Å². The number of carboxylic acid groups (broad SMARTS) is 1. The van der Waals surface area contributed by atoms with Gasteiger partial charge in [0.2, 0.25) is 11.7 Å². The molecule has 0 spiro atoms. The van der Waals surface area contributed by atoms with E-state index in [9.17, 15) is 9.18 Å². The Hall–Kier alpha value is -1.88. The Kier molecular flexibility index (Phi) is 4.09. The fourth-order valence-corrected chi connectivity index (χ4v) is 1.98. The molecule has 0 atom stereocenters. The summed E-state index contributed by atoms with van der Waals surface area (Å²) in [7, 11) is 0. The summed E-state index contributed by atoms with van der Waals surface area (Å²) in [5, 5.41) is 9.05. The second-order valence-corrected chi connectivity index (χ2v) is 5.23. The highest BCUT2D eigenvalue weighted by molar-refractivity contribution is 6.31. The smallest absolute Gasteiger partial charge is 0.373 e. The number of aromatic nitrogens is 1. The monoisotopic (exact) mass is 297 g/mol. The van der Waals surface area contributed by atoms with E-state index in [1.54, 1.807) is 0 Å². The van der Waals surface area contributed by atoms with Crippen molar-refractivity contribution in [1.29, 1.82) is 0 Å². The fourth-order valence-electron chi connectivity index (χ4n) is 1.80. The molecule has 2 rings (SSSR count). The van der Waals surface area contributed by atoms with E-state index < -0.39 is 11.8 Å². The van der Waals surface area contributed by atoms with Crippen molar-refractivity contribution < 1.29 is 18.7 Å². The number of nitrogens with zero attached hydrogens (tertiary/aromatic N) is 1. The van der Waals surface area contributed by atoms with Crippen molar-refractivity contribution in [3.63, 3.8) is 0 Å². The van der Waals surface area contributed by atoms with Gasteiger partial charge < -0.3 is 9.52 Å². The maximum Gasteiger partial charge on any atom is 0.373 e. The van der Waals surface area contributed by atoms with Gasteiger partial charge in [0, 0.05) is 5.56 Å². The third kappa shape index (κ3) is 2.99. The topological polar surface area (TPSA) is 63.3 Å². The number of carbonyl (C=O) groups is 1. The molecule has 1 heterocycles. The lowest BCUT2D eigenvalue weighted by atomic mass is 10.1. The van der Waals surface area contributed by atoms with Gasteiger partial charge in [-0.2, -0.15) is 0 Å². The summed E-state index contributed by atoms with van der Waals surface area (Å²) in [4.78, 5) is 15.3. The summed E-state index contributed by atoms with van der Waals surface area (Å²) in [6.07, 6.45) is 0.486. The van der Waals surface area contributed by atoms with Crippen molar-refractivity contribution in [1.82, 2.24) is 4.98 Å². The van der Waals surface area contributed by atoms with Gasteiger partial charge in [0.05, 0.1) is 10.7 Å². The molecule has 20 heavy (non-hydrogen) atoms. The van der Waals surface area contributed by atoms with Gasteiger partial charge in [-0.3, -0.25) is 0 Å². The minimum Gasteiger partial charge on any atom is -0.475 e. The molecule has 0 aliphatic carbocycles. The maximum absolute atomic E-state index is 13.1. The van der Waals surface area contributed by atoms with E-state index >= 15 is 0 Å². The minimum atomic E-state index is -1.17. The molecule has 0 radical (unpaired) electrons. The van der Waals surface area contributed by atoms with E-state index in [4.69, 9.17) is 21.1 Å². The number of oxazole rings is 1. The van der Waals surface area contributed by atoms with Gasteiger partial charge >= 0.3 is 5.97 Å². The first-order valence-corrected chi connectivity index (χ1v) is 6.44. The molecular formula is C14H13ClFNO3. The number of rotatable bonds is 4. The summed E-state index contributed by atoms with van der Waals surface area (Å²) in [5.41, 5.74) is 0.817. The number of hydrogen-bond donors (Lipinski definition) is 1. The van der Waals surface area contributed by atoms with E-state index in [-0.39, 0.29) is 22.6 Å². The third-order valence-corrected chi connectivity index (χ3v) is 2.95. The lowest BCUT2D eigenvalue weighted by molar-refractivity contribution is 0.0661. The van der Waals surface area contributed by atoms with E-state index in [1.165, 1.54) is 18.2 Å². The standard InChI is InChI=1S/C14H13ClFNO3/c1-7(2)5-11-12(14(18)19)20-13(17-11)8-3-4-10(16)9(15)6-8/h3-4,6-7H,5H2,1-2H3,(H,18,19). The highest BCUT2D eigenvalue weighted by atomic mass is 35.5. The Labute approximate surface area is 120 Å². The predicted octanol–water partition coefficient (Wildman–Crippen LogP) is 4.03. The number of aromatic carboxylic acids is 1. The molecule has 0 saturated carbocycles. The van der Waals surface area contributed by atoms with Crippen LogP contribution in [0.3, 0.4) is 0 Å². The summed E-state index contributed by atoms with van der Waals surface area (Å²) in [6.45, 7) is 3.91. The fraction of sp³-hybridized carbons (Fsp3) is 0.286. The first-order chi connectivity index (χ1) is 9.38. The number of hydrogen-bond acceptors (Lipinski definition) is 3. The molecule has 1 N–H and O–H groups in total. The van der Waals surface area contributed by atoms with Gasteiger partial charge in [-0.1, -0.05) is 25.4 Å². The van der Waals surface area contributed by atoms with E-state index in [0.717, 1.165) is 0 Å². The van der Waals surface area contributed by atoms with Gasteiger partial charge in [0.1, 0.15) is 5.82 Å². The molecular weight excluding hydrogens is 285 g/mol. The van der Waals surface area contributed by atoms with E-state index in [1.807, 2.05) is 13.8 Å². The second-order valence-electron chi connectivity index (χ2n) is 4.83. The Balaban J connectivity index is 2.46. The first kappa shape index (κ1) is 14.5. The van der Waals surface area contributed by atoms with Crippen LogP contribution in [0.25, 0.3) is 11.5 Å². The van der Waals surface area contributed by atoms with Crippen molar-refractivity contribution in [3.05, 3.63) is 40.5 Å². The molecule has 2 aromatic rings. The third-order valence-electron chi connectivity index (χ3n) is 2.66. The molecule has 0 amide bonds. The van der Waals surface area contributed by atoms with Crippen LogP contribution in [0.15, 0.2) is 22.6 Å². The average Bonchev–Trinajstić information content (AvgIpc) is 2.76. The number of carboxylic acids is 1. The lowest BCUT2D eigenvalue weighted by Gasteiger charge is -2.00. The van der Waals surface area contributed by atoms with Crippen LogP contribution in [0.1, 0.15) is 30.1 Å². The molecule has 6 heteroatoms. The summed E-state index contributed by atoms with van der Waals surface area (Å²) in [6, 6.07) is 3.98. The van der Waals surface area contributed by atoms with Crippen LogP contribution >= 0.6 is 11.6 Å². The van der Waals surface area contributed by atoms with Crippen LogP contribution < -0.4 is 0 Å². The minimum absolute atomic E-state index is 0.0667. The Morgan fingerprint density at radius 1 is 1.50 bits per heavy atom. The van der Waals surface area contributed by atoms with Crippen molar-refractivity contribution in [3.8, 4) is 11.5 Å². The summed E-state index contributed by atoms with van der Waals surface area (Å²) >= 11 is 5.70. The molecule has 0 aliphatic heterocycles. The molecule has 4 nitrogen and oxygen atoms in total. The lowest BCUT2D eigenvalue weighted by Crippen LogP contribution is -2.03. The number of halogens is 2. The molecule has 106 valence electrons. The quantitative estimate of drug-likeness (QED) is 0.925. The van der Waals surface area contributed by atoms with Gasteiger partial charge in [-0.05, 0) is 30.5 Å². The molecule has 0 saturated heterocycles. The highest BCUT2D eigenvalue weighted by Gasteiger charge is 2.21. The summed E-state index contributed by atoms with van der Waals surface area (Å²) in [5.74, 6) is -1.55. The zero-order valence-corrected chi connectivity index (χ0v) is 11.7. The SMILES string of the molecule is CC(C)Cc1nc(-c2ccc(F)c(Cl)c2)oc1C(=O)O. The van der Waals surface area contributed by atoms with Gasteiger partial charge in [0.15, 0.2) is 0 Å². The Morgan fingerprint density at radius 2 is 2.20 bits per heavy atom. The van der Waals surface area contributed by atoms with Crippen molar-refractivity contribution in [2.24, 2.45) is 5.92 Å². The molecule has 0 fully saturated rings. The largest absolute Gasteiger partial charge is 0.475 e. The van der Waals surface area contributed by atoms with Crippen LogP contribution in [0.5, 0.6) is 0 Å². The number of benzene rings is 1. The Morgan fingerprint density at radius 3 is 2.75 bits per heavy atom. The van der Waals surface area contributed by atoms with Crippen molar-refractivity contribution >= 4 is 17.6 Å². The zero-order valence-electron chi connectivity index (χ0n) is 11.0. The molecule has 0 bridgehead atoms. The zero-order chi connectivity index (χ0) is 14.9. The van der Waals surface area contributed by atoms with Crippen LogP contribution in [-0.4, -0.2) is 16.1 Å². The first-order valence-electron chi connectivity index (χ1n) is 6.07. The van der Waals surface area contributed by atoms with Gasteiger partial charge in [-0.25, -0.2) is 14.2 Å². The molecule has 1 aromatic carbocycles.